The molecule has 234 valence electrons. The lowest BCUT2D eigenvalue weighted by atomic mass is 9.50. The fourth-order valence-electron chi connectivity index (χ4n) is 8.75. The Bertz CT molecular complexity index is 1420. The van der Waals surface area contributed by atoms with Gasteiger partial charge in [0.2, 0.25) is 17.5 Å². The van der Waals surface area contributed by atoms with Crippen LogP contribution in [-0.4, -0.2) is 95.4 Å². The van der Waals surface area contributed by atoms with Crippen molar-refractivity contribution >= 4 is 17.5 Å². The third kappa shape index (κ3) is 3.91. The number of aliphatic hydroxyl groups is 1. The second kappa shape index (κ2) is 10.3. The van der Waals surface area contributed by atoms with Crippen molar-refractivity contribution < 1.29 is 38.4 Å². The number of nitrogens with one attached hydrogen (secondary N) is 1. The van der Waals surface area contributed by atoms with Gasteiger partial charge in [-0.15, -0.1) is 0 Å². The van der Waals surface area contributed by atoms with E-state index < -0.39 is 28.8 Å². The maximum atomic E-state index is 13.8. The highest BCUT2D eigenvalue weighted by molar-refractivity contribution is 6.05. The molecular formula is C32H43N3O8. The van der Waals surface area contributed by atoms with Crippen LogP contribution < -0.4 is 15.0 Å². The zero-order valence-electron chi connectivity index (χ0n) is 26.3. The Labute approximate surface area is 252 Å². The molecule has 2 amide bonds. The van der Waals surface area contributed by atoms with E-state index >= 15 is 0 Å². The third-order valence-electron chi connectivity index (χ3n) is 10.2. The number of hydrogen-bond acceptors (Lipinski definition) is 10. The van der Waals surface area contributed by atoms with E-state index in [9.17, 15) is 14.7 Å². The summed E-state index contributed by atoms with van der Waals surface area (Å²) < 4.78 is 31.9. The summed E-state index contributed by atoms with van der Waals surface area (Å²) in [6.45, 7) is 6.24. The van der Waals surface area contributed by atoms with Crippen LogP contribution in [0.2, 0.25) is 0 Å². The van der Waals surface area contributed by atoms with Gasteiger partial charge < -0.3 is 38.6 Å². The smallest absolute Gasteiger partial charge is 0.259 e. The summed E-state index contributed by atoms with van der Waals surface area (Å²) >= 11 is 0. The number of benzene rings is 1. The van der Waals surface area contributed by atoms with Crippen molar-refractivity contribution in [1.29, 1.82) is 0 Å². The molecule has 43 heavy (non-hydrogen) atoms. The van der Waals surface area contributed by atoms with Crippen LogP contribution in [0.5, 0.6) is 5.75 Å². The van der Waals surface area contributed by atoms with Crippen LogP contribution in [0.15, 0.2) is 34.6 Å². The van der Waals surface area contributed by atoms with Crippen molar-refractivity contribution in [2.45, 2.75) is 51.2 Å². The summed E-state index contributed by atoms with van der Waals surface area (Å²) in [4.78, 5) is 30.1. The molecule has 0 aromatic heterocycles. The molecule has 0 radical (unpaired) electrons. The van der Waals surface area contributed by atoms with Crippen LogP contribution in [0.4, 0.5) is 5.69 Å². The van der Waals surface area contributed by atoms with Gasteiger partial charge in [0.1, 0.15) is 11.5 Å². The molecular weight excluding hydrogens is 554 g/mol. The molecule has 1 aromatic carbocycles. The van der Waals surface area contributed by atoms with Crippen molar-refractivity contribution in [2.75, 3.05) is 66.6 Å². The van der Waals surface area contributed by atoms with Crippen molar-refractivity contribution in [3.63, 3.8) is 0 Å². The lowest BCUT2D eigenvalue weighted by Crippen LogP contribution is -2.67. The third-order valence-corrected chi connectivity index (χ3v) is 10.2. The Morgan fingerprint density at radius 2 is 1.67 bits per heavy atom. The first-order chi connectivity index (χ1) is 20.4. The van der Waals surface area contributed by atoms with Crippen LogP contribution in [-0.2, 0) is 40.7 Å². The molecule has 2 heterocycles. The quantitative estimate of drug-likeness (QED) is 0.536. The fourth-order valence-corrected chi connectivity index (χ4v) is 8.75. The number of imide groups is 1. The zero-order valence-corrected chi connectivity index (χ0v) is 26.3. The van der Waals surface area contributed by atoms with E-state index in [-0.39, 0.29) is 42.4 Å². The Morgan fingerprint density at radius 3 is 2.23 bits per heavy atom. The molecule has 2 saturated heterocycles. The van der Waals surface area contributed by atoms with Gasteiger partial charge in [-0.05, 0) is 75.9 Å². The lowest BCUT2D eigenvalue weighted by molar-refractivity contribution is -0.241. The van der Waals surface area contributed by atoms with E-state index in [4.69, 9.17) is 23.7 Å². The largest absolute Gasteiger partial charge is 0.511 e. The minimum absolute atomic E-state index is 0.0352. The molecule has 2 spiro atoms. The summed E-state index contributed by atoms with van der Waals surface area (Å²) in [5.41, 5.74) is 3.19. The van der Waals surface area contributed by atoms with Crippen molar-refractivity contribution in [2.24, 2.45) is 17.3 Å². The average molecular weight is 598 g/mol. The van der Waals surface area contributed by atoms with Crippen LogP contribution in [0, 0.1) is 17.3 Å². The topological polar surface area (TPSA) is 119 Å². The number of rotatable bonds is 4. The molecule has 2 fully saturated rings. The number of hydrogen-bond donors (Lipinski definition) is 2. The number of anilines is 1. The molecule has 6 rings (SSSR count). The van der Waals surface area contributed by atoms with Gasteiger partial charge in [0.05, 0.1) is 50.1 Å². The highest BCUT2D eigenvalue weighted by Gasteiger charge is 2.72. The van der Waals surface area contributed by atoms with Gasteiger partial charge in [-0.25, -0.2) is 0 Å². The van der Waals surface area contributed by atoms with Gasteiger partial charge in [0.25, 0.3) is 5.91 Å². The molecule has 11 heteroatoms. The molecule has 0 saturated carbocycles. The van der Waals surface area contributed by atoms with E-state index in [1.54, 1.807) is 7.11 Å². The molecule has 2 aliphatic heterocycles. The number of ether oxygens (including phenoxy) is 5. The highest BCUT2D eigenvalue weighted by Crippen LogP contribution is 2.67. The second-order valence-corrected chi connectivity index (χ2v) is 12.8. The number of carbonyl (C=O) groups excluding carboxylic acids is 2. The van der Waals surface area contributed by atoms with Crippen molar-refractivity contribution in [3.8, 4) is 5.75 Å². The first kappa shape index (κ1) is 30.1. The van der Waals surface area contributed by atoms with E-state index in [0.29, 0.717) is 37.4 Å². The average Bonchev–Trinajstić information content (AvgIpc) is 3.61. The van der Waals surface area contributed by atoms with E-state index in [0.717, 1.165) is 22.4 Å². The summed E-state index contributed by atoms with van der Waals surface area (Å²) in [5.74, 6) is -3.82. The van der Waals surface area contributed by atoms with Crippen molar-refractivity contribution in [1.82, 2.24) is 10.2 Å². The number of methoxy groups -OCH3 is 1. The Kier molecular flexibility index (Phi) is 7.21. The summed E-state index contributed by atoms with van der Waals surface area (Å²) in [7, 11) is 9.58. The highest BCUT2D eigenvalue weighted by atomic mass is 16.7. The van der Waals surface area contributed by atoms with E-state index in [2.05, 4.69) is 15.1 Å². The normalized spacial score (nSPS) is 30.4. The maximum absolute atomic E-state index is 13.8. The molecule has 11 nitrogen and oxygen atoms in total. The van der Waals surface area contributed by atoms with E-state index in [1.165, 1.54) is 6.92 Å². The van der Waals surface area contributed by atoms with Crippen LogP contribution in [0.25, 0.3) is 0 Å². The standard InChI is InChI=1S/C32H43N3O8/c1-17-24(29(38)33-18(2)36)32(42-13-14-43-32)30(3)21(27(17)35(6)7)16-19-15-20-22(34(4)5)9-10-23(39-8)26(20)31(25(19)28(30)37)40-11-12-41-31/h9-10,19,21,27,37H,11-16H2,1-8H3,(H,33,36,38)/t19-,21-,27+,30+/m0/s1. The number of amides is 2. The number of fused-ring (bicyclic) bond motifs is 6. The Balaban J connectivity index is 1.67. The predicted octanol–water partition coefficient (Wildman–Crippen LogP) is 2.64. The minimum Gasteiger partial charge on any atom is -0.511 e. The number of likely N-dealkylation sites (N-methyl/N-ethyl adjacent to an activating group) is 1. The molecule has 0 bridgehead atoms. The molecule has 2 N–H and O–H groups in total. The van der Waals surface area contributed by atoms with E-state index in [1.807, 2.05) is 54.2 Å². The Morgan fingerprint density at radius 1 is 1.05 bits per heavy atom. The van der Waals surface area contributed by atoms with Gasteiger partial charge in [-0.2, -0.15) is 0 Å². The van der Waals surface area contributed by atoms with Crippen LogP contribution >= 0.6 is 0 Å². The maximum Gasteiger partial charge on any atom is 0.259 e. The van der Waals surface area contributed by atoms with Crippen LogP contribution in [0.1, 0.15) is 38.3 Å². The summed E-state index contributed by atoms with van der Waals surface area (Å²) in [5, 5.41) is 15.3. The minimum atomic E-state index is -1.63. The Hall–Kier alpha value is -2.96. The monoisotopic (exact) mass is 597 g/mol. The molecule has 3 aliphatic carbocycles. The zero-order chi connectivity index (χ0) is 31.1. The molecule has 4 atom stereocenters. The van der Waals surface area contributed by atoms with Gasteiger partial charge in [0.15, 0.2) is 0 Å². The number of nitrogens with zero attached hydrogens (tertiary/aromatic N) is 2. The summed E-state index contributed by atoms with van der Waals surface area (Å²) in [6, 6.07) is 3.70. The van der Waals surface area contributed by atoms with Gasteiger partial charge in [0, 0.05) is 38.3 Å². The van der Waals surface area contributed by atoms with Crippen molar-refractivity contribution in [3.05, 3.63) is 45.7 Å². The number of carbonyl (C=O) groups is 2. The van der Waals surface area contributed by atoms with Gasteiger partial charge >= 0.3 is 0 Å². The van der Waals surface area contributed by atoms with Gasteiger partial charge in [-0.1, -0.05) is 0 Å². The lowest BCUT2D eigenvalue weighted by Gasteiger charge is -2.60. The molecule has 5 aliphatic rings. The van der Waals surface area contributed by atoms with Crippen LogP contribution in [0.3, 0.4) is 0 Å². The first-order valence-electron chi connectivity index (χ1n) is 14.9. The van der Waals surface area contributed by atoms with Gasteiger partial charge in [-0.3, -0.25) is 14.9 Å². The second-order valence-electron chi connectivity index (χ2n) is 12.8. The molecule has 1 aromatic rings. The first-order valence-corrected chi connectivity index (χ1v) is 14.9. The SMILES string of the molecule is COc1ccc(N(C)C)c2c1C1(OCCO1)C1=C(O)[C@@]3(C)[C@@H](C[C@@H]1C2)[C@H](N(C)C)C(C)=C(C(=O)NC(C)=O)C31OCCO1. The summed E-state index contributed by atoms with van der Waals surface area (Å²) in [6.07, 6.45) is 1.28. The predicted molar refractivity (Wildman–Crippen MR) is 158 cm³/mol. The number of aliphatic hydroxyl groups excluding tert-OH is 1. The fraction of sp³-hybridized carbons (Fsp3) is 0.625. The molecule has 0 unspecified atom stereocenters.